The van der Waals surface area contributed by atoms with Gasteiger partial charge >= 0.3 is 0 Å². The first-order valence-corrected chi connectivity index (χ1v) is 23.6. The smallest absolute Gasteiger partial charge is 0.200 e. The first kappa shape index (κ1) is 43.4. The number of ether oxygens (including phenoxy) is 5. The van der Waals surface area contributed by atoms with E-state index in [0.717, 1.165) is 32.7 Å². The van der Waals surface area contributed by atoms with Crippen LogP contribution in [0.25, 0.3) is 0 Å². The fourth-order valence-corrected chi connectivity index (χ4v) is 15.1. The third-order valence-electron chi connectivity index (χ3n) is 11.1. The molecule has 0 amide bonds. The lowest BCUT2D eigenvalue weighted by atomic mass is 9.93. The number of thiophene rings is 1. The quantitative estimate of drug-likeness (QED) is 0.0729. The van der Waals surface area contributed by atoms with Gasteiger partial charge in [0.25, 0.3) is 0 Å². The summed E-state index contributed by atoms with van der Waals surface area (Å²) < 4.78 is 42.2. The van der Waals surface area contributed by atoms with Crippen LogP contribution in [0.15, 0.2) is 127 Å². The molecule has 1 aliphatic rings. The average Bonchev–Trinajstić information content (AvgIpc) is 3.59. The molecule has 9 heteroatoms. The van der Waals surface area contributed by atoms with Crippen LogP contribution in [0, 0.1) is 0 Å². The van der Waals surface area contributed by atoms with Crippen molar-refractivity contribution in [2.45, 2.75) is 122 Å². The number of rotatable bonds is 20. The third kappa shape index (κ3) is 11.3. The Kier molecular flexibility index (Phi) is 16.2. The predicted octanol–water partition coefficient (Wildman–Crippen LogP) is 12.5. The van der Waals surface area contributed by atoms with E-state index >= 15 is 0 Å². The van der Waals surface area contributed by atoms with Crippen LogP contribution in [0.3, 0.4) is 0 Å². The second kappa shape index (κ2) is 21.2. The molecule has 1 aliphatic heterocycles. The topological polar surface area (TPSA) is 55.4 Å². The third-order valence-corrected chi connectivity index (χ3v) is 18.7. The van der Waals surface area contributed by atoms with Gasteiger partial charge in [0.2, 0.25) is 8.32 Å². The first-order valence-electron chi connectivity index (χ1n) is 20.3. The predicted molar refractivity (Wildman–Crippen MR) is 234 cm³/mol. The largest absolute Gasteiger partial charge is 0.412 e. The van der Waals surface area contributed by atoms with Crippen molar-refractivity contribution in [1.82, 2.24) is 0 Å². The van der Waals surface area contributed by atoms with Gasteiger partial charge in [0.05, 0.1) is 44.0 Å². The van der Waals surface area contributed by atoms with E-state index in [1.54, 1.807) is 0 Å². The standard InChI is InChI=1S/C48H59ClO6SSi/c1-34(2)57(35(3)4,36(5)6)54-32-41-27-43(56-48(41)49)45-47(53-31-40-25-17-10-18-26-40)46(52-30-39-23-15-9-16-24-39)44(51-29-38-21-13-8-14-22-38)42(55-45)33-50-28-37-19-11-7-12-20-37/h7-27,34-36,42,44-47H,28-33H2,1-6H3/t42-,44-,45?,46-,47-/m1/s1. The highest BCUT2D eigenvalue weighted by atomic mass is 35.5. The second-order valence-corrected chi connectivity index (χ2v) is 23.1. The maximum Gasteiger partial charge on any atom is 0.200 e. The van der Waals surface area contributed by atoms with E-state index < -0.39 is 38.8 Å². The van der Waals surface area contributed by atoms with Crippen LogP contribution >= 0.6 is 22.9 Å². The van der Waals surface area contributed by atoms with Gasteiger partial charge in [0.15, 0.2) is 0 Å². The fraction of sp³-hybridized carbons (Fsp3) is 0.417. The Labute approximate surface area is 350 Å². The maximum atomic E-state index is 7.19. The highest BCUT2D eigenvalue weighted by Crippen LogP contribution is 2.46. The molecule has 0 radical (unpaired) electrons. The number of benzene rings is 4. The van der Waals surface area contributed by atoms with Crippen LogP contribution in [0.4, 0.5) is 0 Å². The van der Waals surface area contributed by atoms with Crippen molar-refractivity contribution < 1.29 is 28.1 Å². The molecule has 0 spiro atoms. The molecule has 6 nitrogen and oxygen atoms in total. The lowest BCUT2D eigenvalue weighted by molar-refractivity contribution is -0.274. The summed E-state index contributed by atoms with van der Waals surface area (Å²) >= 11 is 8.67. The van der Waals surface area contributed by atoms with Crippen LogP contribution in [-0.2, 0) is 61.1 Å². The molecule has 4 aromatic carbocycles. The van der Waals surface area contributed by atoms with Crippen LogP contribution in [0.5, 0.6) is 0 Å². The van der Waals surface area contributed by atoms with Crippen molar-refractivity contribution in [2.75, 3.05) is 6.61 Å². The van der Waals surface area contributed by atoms with E-state index in [-0.39, 0.29) is 0 Å². The highest BCUT2D eigenvalue weighted by Gasteiger charge is 2.50. The summed E-state index contributed by atoms with van der Waals surface area (Å²) in [6.45, 7) is 16.2. The number of hydrogen-bond acceptors (Lipinski definition) is 7. The van der Waals surface area contributed by atoms with Crippen LogP contribution in [0.1, 0.15) is 80.3 Å². The van der Waals surface area contributed by atoms with Crippen molar-refractivity contribution in [2.24, 2.45) is 0 Å². The van der Waals surface area contributed by atoms with Crippen molar-refractivity contribution in [3.05, 3.63) is 164 Å². The lowest BCUT2D eigenvalue weighted by Crippen LogP contribution is -2.58. The Morgan fingerprint density at radius 2 is 0.982 bits per heavy atom. The molecule has 1 fully saturated rings. The molecule has 1 aromatic heterocycles. The Hall–Kier alpha value is -3.15. The Balaban J connectivity index is 1.37. The SMILES string of the molecule is CC(C)[Si](OCc1cc(C2O[C@H](COCc3ccccc3)[C@@H](OCc3ccccc3)[C@@H](OCc3ccccc3)[C@@H]2OCc2ccccc2)sc1Cl)(C(C)C)C(C)C. The van der Waals surface area contributed by atoms with E-state index in [4.69, 9.17) is 39.7 Å². The molecule has 6 rings (SSSR count). The van der Waals surface area contributed by atoms with Crippen LogP contribution in [-0.4, -0.2) is 39.3 Å². The van der Waals surface area contributed by atoms with E-state index in [0.29, 0.717) is 60.6 Å². The first-order chi connectivity index (χ1) is 27.7. The summed E-state index contributed by atoms with van der Waals surface area (Å²) in [6, 6.07) is 43.1. The van der Waals surface area contributed by atoms with Crippen molar-refractivity contribution >= 4 is 31.3 Å². The van der Waals surface area contributed by atoms with E-state index in [1.165, 1.54) is 11.3 Å². The molecule has 2 heterocycles. The van der Waals surface area contributed by atoms with Crippen molar-refractivity contribution in [1.29, 1.82) is 0 Å². The minimum atomic E-state index is -2.14. The van der Waals surface area contributed by atoms with Gasteiger partial charge in [-0.05, 0) is 44.9 Å². The molecular formula is C48H59ClO6SSi. The molecule has 0 aliphatic carbocycles. The van der Waals surface area contributed by atoms with Crippen molar-refractivity contribution in [3.63, 3.8) is 0 Å². The number of hydrogen-bond donors (Lipinski definition) is 0. The van der Waals surface area contributed by atoms with E-state index in [9.17, 15) is 0 Å². The van der Waals surface area contributed by atoms with Gasteiger partial charge in [0, 0.05) is 10.4 Å². The summed E-state index contributed by atoms with van der Waals surface area (Å²) in [5.41, 5.74) is 6.62. The normalized spacial score (nSPS) is 20.1. The Morgan fingerprint density at radius 1 is 0.561 bits per heavy atom. The second-order valence-electron chi connectivity index (χ2n) is 15.9. The summed E-state index contributed by atoms with van der Waals surface area (Å²) in [7, 11) is -2.14. The summed E-state index contributed by atoms with van der Waals surface area (Å²) in [5.74, 6) is 0. The van der Waals surface area contributed by atoms with Gasteiger partial charge in [-0.2, -0.15) is 0 Å². The molecule has 0 saturated carbocycles. The molecular weight excluding hydrogens is 768 g/mol. The van der Waals surface area contributed by atoms with Gasteiger partial charge in [-0.1, -0.05) is 174 Å². The zero-order valence-corrected chi connectivity index (χ0v) is 36.8. The van der Waals surface area contributed by atoms with Crippen molar-refractivity contribution in [3.8, 4) is 0 Å². The Morgan fingerprint density at radius 3 is 1.44 bits per heavy atom. The monoisotopic (exact) mass is 826 g/mol. The zero-order valence-electron chi connectivity index (χ0n) is 34.2. The molecule has 304 valence electrons. The molecule has 5 atom stereocenters. The molecule has 5 aromatic rings. The van der Waals surface area contributed by atoms with Gasteiger partial charge in [-0.3, -0.25) is 0 Å². The highest BCUT2D eigenvalue weighted by molar-refractivity contribution is 7.16. The number of halogens is 1. The Bertz CT molecular complexity index is 1870. The van der Waals surface area contributed by atoms with E-state index in [2.05, 4.69) is 96.1 Å². The van der Waals surface area contributed by atoms with Gasteiger partial charge < -0.3 is 28.1 Å². The average molecular weight is 828 g/mol. The molecule has 0 bridgehead atoms. The minimum Gasteiger partial charge on any atom is -0.412 e. The molecule has 1 unspecified atom stereocenters. The zero-order chi connectivity index (χ0) is 40.2. The fourth-order valence-electron chi connectivity index (χ4n) is 8.39. The summed E-state index contributed by atoms with van der Waals surface area (Å²) in [5, 5.41) is 0. The summed E-state index contributed by atoms with van der Waals surface area (Å²) in [4.78, 5) is 0.963. The lowest BCUT2D eigenvalue weighted by Gasteiger charge is -2.46. The van der Waals surface area contributed by atoms with Crippen LogP contribution in [0.2, 0.25) is 21.0 Å². The van der Waals surface area contributed by atoms with E-state index in [1.807, 2.05) is 72.8 Å². The van der Waals surface area contributed by atoms with Gasteiger partial charge in [-0.25, -0.2) is 0 Å². The van der Waals surface area contributed by atoms with Gasteiger partial charge in [-0.15, -0.1) is 11.3 Å². The van der Waals surface area contributed by atoms with Crippen LogP contribution < -0.4 is 0 Å². The summed E-state index contributed by atoms with van der Waals surface area (Å²) in [6.07, 6.45) is -2.59. The molecule has 57 heavy (non-hydrogen) atoms. The molecule has 0 N–H and O–H groups in total. The molecule has 1 saturated heterocycles. The maximum absolute atomic E-state index is 7.19. The minimum absolute atomic E-state index is 0.293. The van der Waals surface area contributed by atoms with Gasteiger partial charge in [0.1, 0.15) is 30.5 Å².